The van der Waals surface area contributed by atoms with Crippen molar-refractivity contribution < 1.29 is 19.2 Å². The zero-order chi connectivity index (χ0) is 24.1. The van der Waals surface area contributed by atoms with Crippen LogP contribution in [0.25, 0.3) is 0 Å². The molecule has 0 aliphatic carbocycles. The number of imide groups is 1. The number of ketones is 1. The van der Waals surface area contributed by atoms with Crippen LogP contribution in [0, 0.1) is 0 Å². The molecule has 1 atom stereocenters. The third-order valence-corrected chi connectivity index (χ3v) is 5.87. The van der Waals surface area contributed by atoms with Gasteiger partial charge in [-0.1, -0.05) is 67.6 Å². The molecule has 1 heterocycles. The lowest BCUT2D eigenvalue weighted by molar-refractivity contribution is -0.131. The number of urea groups is 1. The van der Waals surface area contributed by atoms with Crippen molar-refractivity contribution in [2.45, 2.75) is 25.3 Å². The summed E-state index contributed by atoms with van der Waals surface area (Å²) in [4.78, 5) is 52.0. The van der Waals surface area contributed by atoms with Gasteiger partial charge in [-0.15, -0.1) is 0 Å². The minimum Gasteiger partial charge on any atom is -0.326 e. The molecule has 0 aromatic heterocycles. The van der Waals surface area contributed by atoms with E-state index in [0.717, 1.165) is 10.5 Å². The van der Waals surface area contributed by atoms with E-state index in [1.54, 1.807) is 43.3 Å². The predicted octanol–water partition coefficient (Wildman–Crippen LogP) is 3.91. The standard InChI is InChI=1S/C27H25N3O4/c1-2-24(32)28-22-15-13-20(14-16-22)23(31)18-30-25(33)27(29-26(30)34,21-11-7-4-8-12-21)17-19-9-5-3-6-10-19/h3-16H,2,17-18H2,1H3,(H,28,32)(H,29,34). The predicted molar refractivity (Wildman–Crippen MR) is 128 cm³/mol. The maximum atomic E-state index is 13.7. The van der Waals surface area contributed by atoms with Crippen molar-refractivity contribution in [3.05, 3.63) is 102 Å². The van der Waals surface area contributed by atoms with Crippen LogP contribution in [-0.4, -0.2) is 35.1 Å². The Kier molecular flexibility index (Phi) is 6.54. The van der Waals surface area contributed by atoms with E-state index in [1.807, 2.05) is 48.5 Å². The topological polar surface area (TPSA) is 95.6 Å². The van der Waals surface area contributed by atoms with E-state index in [-0.39, 0.29) is 24.7 Å². The van der Waals surface area contributed by atoms with Gasteiger partial charge in [-0.05, 0) is 35.4 Å². The molecule has 0 spiro atoms. The number of rotatable bonds is 8. The fourth-order valence-corrected chi connectivity index (χ4v) is 4.04. The van der Waals surface area contributed by atoms with E-state index in [2.05, 4.69) is 10.6 Å². The average Bonchev–Trinajstić information content (AvgIpc) is 3.10. The summed E-state index contributed by atoms with van der Waals surface area (Å²) in [5.41, 5.74) is 1.16. The van der Waals surface area contributed by atoms with E-state index in [0.29, 0.717) is 23.2 Å². The Morgan fingerprint density at radius 1 is 0.882 bits per heavy atom. The van der Waals surface area contributed by atoms with E-state index in [4.69, 9.17) is 0 Å². The molecule has 0 bridgehead atoms. The SMILES string of the molecule is CCC(=O)Nc1ccc(C(=O)CN2C(=O)NC(Cc3ccccc3)(c3ccccc3)C2=O)cc1. The summed E-state index contributed by atoms with van der Waals surface area (Å²) in [5, 5.41) is 5.58. The van der Waals surface area contributed by atoms with Gasteiger partial charge in [-0.2, -0.15) is 0 Å². The van der Waals surface area contributed by atoms with E-state index < -0.39 is 17.5 Å². The summed E-state index contributed by atoms with van der Waals surface area (Å²) in [6.07, 6.45) is 0.609. The van der Waals surface area contributed by atoms with Gasteiger partial charge >= 0.3 is 6.03 Å². The highest BCUT2D eigenvalue weighted by atomic mass is 16.2. The summed E-state index contributed by atoms with van der Waals surface area (Å²) in [6, 6.07) is 24.3. The molecule has 1 saturated heterocycles. The second-order valence-electron chi connectivity index (χ2n) is 8.16. The summed E-state index contributed by atoms with van der Waals surface area (Å²) in [5.74, 6) is -0.970. The molecule has 1 fully saturated rings. The number of hydrogen-bond acceptors (Lipinski definition) is 4. The first-order valence-corrected chi connectivity index (χ1v) is 11.1. The van der Waals surface area contributed by atoms with Gasteiger partial charge in [0.05, 0.1) is 6.54 Å². The first kappa shape index (κ1) is 22.9. The number of carbonyl (C=O) groups excluding carboxylic acids is 4. The van der Waals surface area contributed by atoms with Gasteiger partial charge in [0.1, 0.15) is 0 Å². The Morgan fingerprint density at radius 2 is 1.50 bits per heavy atom. The molecule has 2 N–H and O–H groups in total. The monoisotopic (exact) mass is 455 g/mol. The molecule has 3 aromatic carbocycles. The van der Waals surface area contributed by atoms with Crippen molar-refractivity contribution in [2.24, 2.45) is 0 Å². The van der Waals surface area contributed by atoms with Crippen LogP contribution in [0.3, 0.4) is 0 Å². The Morgan fingerprint density at radius 3 is 2.12 bits per heavy atom. The van der Waals surface area contributed by atoms with Gasteiger partial charge in [0, 0.05) is 24.1 Å². The van der Waals surface area contributed by atoms with Crippen LogP contribution in [-0.2, 0) is 21.5 Å². The molecule has 3 aromatic rings. The third kappa shape index (κ3) is 4.59. The molecular formula is C27H25N3O4. The zero-order valence-electron chi connectivity index (χ0n) is 18.8. The molecule has 7 nitrogen and oxygen atoms in total. The Labute approximate surface area is 197 Å². The molecule has 7 heteroatoms. The number of nitrogens with zero attached hydrogens (tertiary/aromatic N) is 1. The Bertz CT molecular complexity index is 1210. The summed E-state index contributed by atoms with van der Waals surface area (Å²) in [6.45, 7) is 1.37. The van der Waals surface area contributed by atoms with Crippen LogP contribution in [0.5, 0.6) is 0 Å². The number of amides is 4. The second-order valence-corrected chi connectivity index (χ2v) is 8.16. The zero-order valence-corrected chi connectivity index (χ0v) is 18.8. The molecule has 4 rings (SSSR count). The molecule has 34 heavy (non-hydrogen) atoms. The molecule has 172 valence electrons. The van der Waals surface area contributed by atoms with E-state index >= 15 is 0 Å². The smallest absolute Gasteiger partial charge is 0.325 e. The first-order chi connectivity index (χ1) is 16.4. The highest BCUT2D eigenvalue weighted by Gasteiger charge is 2.52. The van der Waals surface area contributed by atoms with Crippen molar-refractivity contribution in [3.63, 3.8) is 0 Å². The molecule has 1 unspecified atom stereocenters. The summed E-state index contributed by atoms with van der Waals surface area (Å²) < 4.78 is 0. The van der Waals surface area contributed by atoms with Crippen LogP contribution < -0.4 is 10.6 Å². The lowest BCUT2D eigenvalue weighted by atomic mass is 9.83. The number of hydrogen-bond donors (Lipinski definition) is 2. The quantitative estimate of drug-likeness (QED) is 0.398. The normalized spacial score (nSPS) is 17.4. The van der Waals surface area contributed by atoms with Gasteiger partial charge in [0.2, 0.25) is 5.91 Å². The second kappa shape index (κ2) is 9.70. The number of carbonyl (C=O) groups is 4. The average molecular weight is 456 g/mol. The van der Waals surface area contributed by atoms with Crippen molar-refractivity contribution in [3.8, 4) is 0 Å². The summed E-state index contributed by atoms with van der Waals surface area (Å²) >= 11 is 0. The van der Waals surface area contributed by atoms with Gasteiger partial charge in [0.25, 0.3) is 5.91 Å². The summed E-state index contributed by atoms with van der Waals surface area (Å²) in [7, 11) is 0. The highest BCUT2D eigenvalue weighted by molar-refractivity contribution is 6.11. The van der Waals surface area contributed by atoms with Crippen LogP contribution in [0.2, 0.25) is 0 Å². The fraction of sp³-hybridized carbons (Fsp3) is 0.185. The molecule has 1 aliphatic heterocycles. The highest BCUT2D eigenvalue weighted by Crippen LogP contribution is 2.33. The Balaban J connectivity index is 1.57. The lowest BCUT2D eigenvalue weighted by Crippen LogP contribution is -2.46. The van der Waals surface area contributed by atoms with E-state index in [1.165, 1.54) is 0 Å². The van der Waals surface area contributed by atoms with E-state index in [9.17, 15) is 19.2 Å². The van der Waals surface area contributed by atoms with Crippen LogP contribution >= 0.6 is 0 Å². The Hall–Kier alpha value is -4.26. The molecule has 0 radical (unpaired) electrons. The molecule has 4 amide bonds. The third-order valence-electron chi connectivity index (χ3n) is 5.87. The van der Waals surface area contributed by atoms with Crippen molar-refractivity contribution in [1.29, 1.82) is 0 Å². The molecule has 1 aliphatic rings. The minimum absolute atomic E-state index is 0.130. The van der Waals surface area contributed by atoms with Crippen LogP contribution in [0.1, 0.15) is 34.8 Å². The van der Waals surface area contributed by atoms with Crippen molar-refractivity contribution in [2.75, 3.05) is 11.9 Å². The van der Waals surface area contributed by atoms with Crippen molar-refractivity contribution in [1.82, 2.24) is 10.2 Å². The number of nitrogens with one attached hydrogen (secondary N) is 2. The van der Waals surface area contributed by atoms with Gasteiger partial charge < -0.3 is 10.6 Å². The maximum absolute atomic E-state index is 13.7. The first-order valence-electron chi connectivity index (χ1n) is 11.1. The van der Waals surface area contributed by atoms with Gasteiger partial charge in [0.15, 0.2) is 11.3 Å². The number of Topliss-reactive ketones (excluding diaryl/α,β-unsaturated/α-hetero) is 1. The maximum Gasteiger partial charge on any atom is 0.325 e. The fourth-order valence-electron chi connectivity index (χ4n) is 4.04. The number of benzene rings is 3. The molecule has 0 saturated carbocycles. The largest absolute Gasteiger partial charge is 0.326 e. The molecular weight excluding hydrogens is 430 g/mol. The van der Waals surface area contributed by atoms with Gasteiger partial charge in [-0.3, -0.25) is 19.3 Å². The van der Waals surface area contributed by atoms with Gasteiger partial charge in [-0.25, -0.2) is 4.79 Å². The minimum atomic E-state index is -1.30. The number of anilines is 1. The van der Waals surface area contributed by atoms with Crippen LogP contribution in [0.4, 0.5) is 10.5 Å². The lowest BCUT2D eigenvalue weighted by Gasteiger charge is -2.27. The van der Waals surface area contributed by atoms with Crippen molar-refractivity contribution >= 4 is 29.3 Å². The van der Waals surface area contributed by atoms with Crippen LogP contribution in [0.15, 0.2) is 84.9 Å².